The Morgan fingerprint density at radius 2 is 2.41 bits per heavy atom. The average Bonchev–Trinajstić information content (AvgIpc) is 2.76. The minimum absolute atomic E-state index is 0.274. The molecule has 2 aromatic heterocycles. The standard InChI is InChI=1S/C10H11ClN4OS/c1-6-4-16-3-2-15(6)8-7-9(17-5-12-7)14-10(11)13-8/h5-6H,2-4H2,1H3. The molecule has 3 rings (SSSR count). The molecule has 1 atom stereocenters. The highest BCUT2D eigenvalue weighted by Crippen LogP contribution is 2.28. The third-order valence-electron chi connectivity index (χ3n) is 2.79. The van der Waals surface area contributed by atoms with Crippen molar-refractivity contribution in [2.45, 2.75) is 13.0 Å². The van der Waals surface area contributed by atoms with Crippen LogP contribution in [0.15, 0.2) is 5.51 Å². The summed E-state index contributed by atoms with van der Waals surface area (Å²) < 4.78 is 5.42. The third-order valence-corrected chi connectivity index (χ3v) is 3.68. The summed E-state index contributed by atoms with van der Waals surface area (Å²) in [5, 5.41) is 0.274. The Morgan fingerprint density at radius 1 is 1.53 bits per heavy atom. The van der Waals surface area contributed by atoms with E-state index in [1.807, 2.05) is 0 Å². The second-order valence-corrected chi connectivity index (χ2v) is 5.11. The molecule has 90 valence electrons. The summed E-state index contributed by atoms with van der Waals surface area (Å²) >= 11 is 7.42. The summed E-state index contributed by atoms with van der Waals surface area (Å²) in [6.07, 6.45) is 0. The Morgan fingerprint density at radius 3 is 3.24 bits per heavy atom. The fourth-order valence-corrected chi connectivity index (χ4v) is 2.83. The molecule has 7 heteroatoms. The number of aromatic nitrogens is 3. The maximum atomic E-state index is 5.95. The van der Waals surface area contributed by atoms with Crippen molar-refractivity contribution in [1.29, 1.82) is 0 Å². The first-order valence-corrected chi connectivity index (χ1v) is 6.62. The molecule has 17 heavy (non-hydrogen) atoms. The molecule has 0 radical (unpaired) electrons. The van der Waals surface area contributed by atoms with Gasteiger partial charge in [0.25, 0.3) is 0 Å². The van der Waals surface area contributed by atoms with E-state index >= 15 is 0 Å². The molecule has 1 saturated heterocycles. The number of fused-ring (bicyclic) bond motifs is 1. The van der Waals surface area contributed by atoms with Crippen LogP contribution in [0.2, 0.25) is 5.28 Å². The number of halogens is 1. The summed E-state index contributed by atoms with van der Waals surface area (Å²) in [5.41, 5.74) is 2.60. The molecule has 0 bridgehead atoms. The van der Waals surface area contributed by atoms with Gasteiger partial charge >= 0.3 is 0 Å². The van der Waals surface area contributed by atoms with Crippen LogP contribution in [0.1, 0.15) is 6.92 Å². The van der Waals surface area contributed by atoms with E-state index in [2.05, 4.69) is 26.8 Å². The van der Waals surface area contributed by atoms with E-state index in [1.54, 1.807) is 5.51 Å². The van der Waals surface area contributed by atoms with E-state index in [4.69, 9.17) is 16.3 Å². The predicted octanol–water partition coefficient (Wildman–Crippen LogP) is 1.96. The molecule has 0 saturated carbocycles. The first-order chi connectivity index (χ1) is 8.25. The normalized spacial score (nSPS) is 21.1. The molecule has 0 aliphatic carbocycles. The van der Waals surface area contributed by atoms with Crippen LogP contribution >= 0.6 is 22.9 Å². The highest BCUT2D eigenvalue weighted by Gasteiger charge is 2.23. The first kappa shape index (κ1) is 11.1. The number of hydrogen-bond acceptors (Lipinski definition) is 6. The van der Waals surface area contributed by atoms with Gasteiger partial charge in [-0.15, -0.1) is 11.3 Å². The van der Waals surface area contributed by atoms with Crippen LogP contribution in [0.25, 0.3) is 10.3 Å². The van der Waals surface area contributed by atoms with Crippen molar-refractivity contribution in [3.05, 3.63) is 10.8 Å². The van der Waals surface area contributed by atoms with Crippen LogP contribution in [0.4, 0.5) is 5.82 Å². The van der Waals surface area contributed by atoms with Gasteiger partial charge in [-0.3, -0.25) is 0 Å². The van der Waals surface area contributed by atoms with Crippen molar-refractivity contribution in [2.24, 2.45) is 0 Å². The van der Waals surface area contributed by atoms with Crippen molar-refractivity contribution in [2.75, 3.05) is 24.7 Å². The Bertz CT molecular complexity index is 546. The van der Waals surface area contributed by atoms with Gasteiger partial charge in [-0.2, -0.15) is 4.98 Å². The lowest BCUT2D eigenvalue weighted by molar-refractivity contribution is 0.0986. The highest BCUT2D eigenvalue weighted by atomic mass is 35.5. The van der Waals surface area contributed by atoms with Crippen LogP contribution in [-0.4, -0.2) is 40.8 Å². The zero-order valence-corrected chi connectivity index (χ0v) is 10.8. The average molecular weight is 271 g/mol. The van der Waals surface area contributed by atoms with Crippen LogP contribution in [-0.2, 0) is 4.74 Å². The topological polar surface area (TPSA) is 51.1 Å². The molecule has 0 amide bonds. The second-order valence-electron chi connectivity index (χ2n) is 3.94. The quantitative estimate of drug-likeness (QED) is 0.742. The summed E-state index contributed by atoms with van der Waals surface area (Å²) in [6.45, 7) is 4.32. The Hall–Kier alpha value is -0.980. The lowest BCUT2D eigenvalue weighted by atomic mass is 10.2. The van der Waals surface area contributed by atoms with E-state index in [-0.39, 0.29) is 11.3 Å². The molecule has 1 unspecified atom stereocenters. The van der Waals surface area contributed by atoms with Gasteiger partial charge in [0.2, 0.25) is 5.28 Å². The van der Waals surface area contributed by atoms with Crippen LogP contribution in [0.3, 0.4) is 0 Å². The van der Waals surface area contributed by atoms with E-state index in [1.165, 1.54) is 11.3 Å². The number of anilines is 1. The lowest BCUT2D eigenvalue weighted by Gasteiger charge is -2.34. The molecule has 1 aliphatic heterocycles. The largest absolute Gasteiger partial charge is 0.377 e. The summed E-state index contributed by atoms with van der Waals surface area (Å²) in [5.74, 6) is 0.817. The molecule has 0 N–H and O–H groups in total. The van der Waals surface area contributed by atoms with Crippen molar-refractivity contribution in [3.8, 4) is 0 Å². The zero-order valence-electron chi connectivity index (χ0n) is 9.26. The molecule has 3 heterocycles. The van der Waals surface area contributed by atoms with Crippen molar-refractivity contribution in [3.63, 3.8) is 0 Å². The lowest BCUT2D eigenvalue weighted by Crippen LogP contribution is -2.44. The third kappa shape index (κ3) is 1.96. The number of ether oxygens (including phenoxy) is 1. The van der Waals surface area contributed by atoms with Crippen LogP contribution < -0.4 is 4.90 Å². The van der Waals surface area contributed by atoms with E-state index in [9.17, 15) is 0 Å². The molecule has 2 aromatic rings. The fourth-order valence-electron chi connectivity index (χ4n) is 1.96. The van der Waals surface area contributed by atoms with Crippen LogP contribution in [0.5, 0.6) is 0 Å². The van der Waals surface area contributed by atoms with Gasteiger partial charge in [-0.05, 0) is 18.5 Å². The van der Waals surface area contributed by atoms with Crippen molar-refractivity contribution >= 4 is 39.1 Å². The predicted molar refractivity (Wildman–Crippen MR) is 67.8 cm³/mol. The number of rotatable bonds is 1. The second kappa shape index (κ2) is 4.36. The molecule has 5 nitrogen and oxygen atoms in total. The summed E-state index contributed by atoms with van der Waals surface area (Å²) in [6, 6.07) is 0.277. The van der Waals surface area contributed by atoms with Gasteiger partial charge in [0.1, 0.15) is 5.52 Å². The SMILES string of the molecule is CC1COCCN1c1nc(Cl)nc2scnc12. The Labute approximate surface area is 107 Å². The molecule has 0 aromatic carbocycles. The number of thiazole rings is 1. The van der Waals surface area contributed by atoms with Crippen molar-refractivity contribution in [1.82, 2.24) is 15.0 Å². The van der Waals surface area contributed by atoms with Crippen LogP contribution in [0, 0.1) is 0 Å². The number of nitrogens with zero attached hydrogens (tertiary/aromatic N) is 4. The first-order valence-electron chi connectivity index (χ1n) is 5.37. The maximum absolute atomic E-state index is 5.95. The molecular formula is C10H11ClN4OS. The molecular weight excluding hydrogens is 260 g/mol. The van der Waals surface area contributed by atoms with Crippen molar-refractivity contribution < 1.29 is 4.74 Å². The highest BCUT2D eigenvalue weighted by molar-refractivity contribution is 7.16. The molecule has 0 spiro atoms. The van der Waals surface area contributed by atoms with Gasteiger partial charge in [-0.1, -0.05) is 0 Å². The Kier molecular flexibility index (Phi) is 2.85. The summed E-state index contributed by atoms with van der Waals surface area (Å²) in [7, 11) is 0. The van der Waals surface area contributed by atoms with Gasteiger partial charge in [0, 0.05) is 6.54 Å². The zero-order chi connectivity index (χ0) is 11.8. The minimum Gasteiger partial charge on any atom is -0.377 e. The molecule has 1 fully saturated rings. The van der Waals surface area contributed by atoms with Gasteiger partial charge in [0.05, 0.1) is 24.8 Å². The van der Waals surface area contributed by atoms with E-state index in [0.717, 1.165) is 22.7 Å². The molecule has 1 aliphatic rings. The minimum atomic E-state index is 0.274. The maximum Gasteiger partial charge on any atom is 0.225 e. The number of morpholine rings is 1. The van der Waals surface area contributed by atoms with Gasteiger partial charge in [-0.25, -0.2) is 9.97 Å². The van der Waals surface area contributed by atoms with Gasteiger partial charge < -0.3 is 9.64 Å². The summed E-state index contributed by atoms with van der Waals surface area (Å²) in [4.78, 5) is 15.8. The van der Waals surface area contributed by atoms with E-state index in [0.29, 0.717) is 13.2 Å². The number of hydrogen-bond donors (Lipinski definition) is 0. The Balaban J connectivity index is 2.11. The van der Waals surface area contributed by atoms with E-state index < -0.39 is 0 Å². The smallest absolute Gasteiger partial charge is 0.225 e. The fraction of sp³-hybridized carbons (Fsp3) is 0.500. The van der Waals surface area contributed by atoms with Gasteiger partial charge in [0.15, 0.2) is 10.6 Å². The monoisotopic (exact) mass is 270 g/mol.